The Morgan fingerprint density at radius 3 is 1.33 bits per heavy atom. The normalized spacial score (nSPS) is 19.3. The summed E-state index contributed by atoms with van der Waals surface area (Å²) in [6, 6.07) is 25.8. The van der Waals surface area contributed by atoms with Crippen LogP contribution >= 0.6 is 0 Å². The summed E-state index contributed by atoms with van der Waals surface area (Å²) in [5, 5.41) is 0. The molecule has 10 nitrogen and oxygen atoms in total. The van der Waals surface area contributed by atoms with E-state index in [-0.39, 0.29) is 34.7 Å². The van der Waals surface area contributed by atoms with E-state index < -0.39 is 0 Å². The largest absolute Gasteiger partial charge is 0.340 e. The van der Waals surface area contributed by atoms with Crippen molar-refractivity contribution in [1.29, 1.82) is 0 Å². The SMILES string of the molecule is CC1(C)CCc2c(-c3ccc(-c4cnc([C@@H]5CCCN5C(=O)Cc5ccncc5)[nH]4)cc3)c3c(c(-c4ccc(-c5cnc([C@@H]6CCCN6C(=O)Cc6ccncc6)[nH]5)cc4)c21)CCC3(C)C. The van der Waals surface area contributed by atoms with E-state index in [1.807, 2.05) is 46.5 Å². The van der Waals surface area contributed by atoms with Crippen LogP contribution < -0.4 is 0 Å². The second-order valence-corrected chi connectivity index (χ2v) is 20.3. The first-order chi connectivity index (χ1) is 32.0. The number of nitrogens with one attached hydrogen (secondary N) is 2. The number of rotatable bonds is 10. The molecule has 0 unspecified atom stereocenters. The minimum Gasteiger partial charge on any atom is -0.340 e. The first-order valence-corrected chi connectivity index (χ1v) is 23.9. The predicted octanol–water partition coefficient (Wildman–Crippen LogP) is 10.9. The van der Waals surface area contributed by atoms with Gasteiger partial charge in [-0.05, 0) is 153 Å². The van der Waals surface area contributed by atoms with Crippen LogP contribution in [0.3, 0.4) is 0 Å². The van der Waals surface area contributed by atoms with Crippen LogP contribution in [0.2, 0.25) is 0 Å². The molecular weight excluding hydrogens is 817 g/mol. The number of benzene rings is 3. The lowest BCUT2D eigenvalue weighted by Crippen LogP contribution is -2.32. The van der Waals surface area contributed by atoms with Crippen molar-refractivity contribution in [3.8, 4) is 44.8 Å². The molecule has 2 atom stereocenters. The molecule has 6 heterocycles. The van der Waals surface area contributed by atoms with Gasteiger partial charge in [-0.25, -0.2) is 9.97 Å². The van der Waals surface area contributed by atoms with Gasteiger partial charge >= 0.3 is 0 Å². The molecule has 2 amide bonds. The number of hydrogen-bond donors (Lipinski definition) is 2. The van der Waals surface area contributed by atoms with Crippen LogP contribution in [0.15, 0.2) is 110 Å². The van der Waals surface area contributed by atoms with Crippen LogP contribution in [0.25, 0.3) is 44.8 Å². The summed E-state index contributed by atoms with van der Waals surface area (Å²) in [6.45, 7) is 11.2. The number of amides is 2. The van der Waals surface area contributed by atoms with E-state index in [0.29, 0.717) is 12.8 Å². The fraction of sp³-hybridized carbons (Fsp3) is 0.357. The third kappa shape index (κ3) is 7.54. The van der Waals surface area contributed by atoms with Gasteiger partial charge in [0, 0.05) is 37.9 Å². The number of carbonyl (C=O) groups is 2. The molecular formula is C56H58N8O2. The van der Waals surface area contributed by atoms with E-state index in [1.165, 1.54) is 44.5 Å². The van der Waals surface area contributed by atoms with Crippen molar-refractivity contribution < 1.29 is 9.59 Å². The third-order valence-corrected chi connectivity index (χ3v) is 15.2. The van der Waals surface area contributed by atoms with Gasteiger partial charge in [0.25, 0.3) is 0 Å². The van der Waals surface area contributed by atoms with E-state index in [1.54, 1.807) is 24.8 Å². The lowest BCUT2D eigenvalue weighted by Gasteiger charge is -2.30. The summed E-state index contributed by atoms with van der Waals surface area (Å²) in [4.78, 5) is 55.9. The van der Waals surface area contributed by atoms with Crippen LogP contribution in [0.5, 0.6) is 0 Å². The Balaban J connectivity index is 0.872. The molecule has 334 valence electrons. The number of imidazole rings is 2. The molecule has 66 heavy (non-hydrogen) atoms. The molecule has 7 aromatic rings. The quantitative estimate of drug-likeness (QED) is 0.141. The number of nitrogens with zero attached hydrogens (tertiary/aromatic N) is 6. The van der Waals surface area contributed by atoms with Gasteiger partial charge in [-0.3, -0.25) is 19.6 Å². The van der Waals surface area contributed by atoms with E-state index >= 15 is 0 Å². The monoisotopic (exact) mass is 874 g/mol. The van der Waals surface area contributed by atoms with Crippen LogP contribution in [0.4, 0.5) is 0 Å². The average molecular weight is 875 g/mol. The molecule has 3 aromatic carbocycles. The highest BCUT2D eigenvalue weighted by atomic mass is 16.2. The Bertz CT molecular complexity index is 2730. The summed E-state index contributed by atoms with van der Waals surface area (Å²) < 4.78 is 0. The minimum absolute atomic E-state index is 0.0280. The highest BCUT2D eigenvalue weighted by Gasteiger charge is 2.43. The van der Waals surface area contributed by atoms with Crippen molar-refractivity contribution in [3.05, 3.63) is 155 Å². The molecule has 0 spiro atoms. The number of H-pyrrole nitrogens is 2. The van der Waals surface area contributed by atoms with Crippen molar-refractivity contribution in [2.24, 2.45) is 0 Å². The Labute approximate surface area is 387 Å². The molecule has 4 aromatic heterocycles. The Morgan fingerprint density at radius 1 is 0.561 bits per heavy atom. The molecule has 10 heteroatoms. The van der Waals surface area contributed by atoms with Crippen molar-refractivity contribution in [3.63, 3.8) is 0 Å². The smallest absolute Gasteiger partial charge is 0.227 e. The highest BCUT2D eigenvalue weighted by molar-refractivity contribution is 5.88. The molecule has 2 aliphatic carbocycles. The second kappa shape index (κ2) is 16.6. The molecule has 2 N–H and O–H groups in total. The van der Waals surface area contributed by atoms with Gasteiger partial charge in [0.15, 0.2) is 0 Å². The first kappa shape index (κ1) is 42.0. The maximum atomic E-state index is 13.4. The van der Waals surface area contributed by atoms with Crippen molar-refractivity contribution in [2.75, 3.05) is 13.1 Å². The van der Waals surface area contributed by atoms with E-state index in [0.717, 1.165) is 110 Å². The zero-order chi connectivity index (χ0) is 45.2. The Morgan fingerprint density at radius 2 is 0.939 bits per heavy atom. The molecule has 2 aliphatic heterocycles. The topological polar surface area (TPSA) is 124 Å². The van der Waals surface area contributed by atoms with Crippen LogP contribution in [0.1, 0.15) is 123 Å². The predicted molar refractivity (Wildman–Crippen MR) is 258 cm³/mol. The molecule has 2 fully saturated rings. The number of fused-ring (bicyclic) bond motifs is 2. The van der Waals surface area contributed by atoms with Gasteiger partial charge in [0.2, 0.25) is 11.8 Å². The molecule has 0 radical (unpaired) electrons. The minimum atomic E-state index is -0.0497. The van der Waals surface area contributed by atoms with Crippen molar-refractivity contribution >= 4 is 11.8 Å². The number of hydrogen-bond acceptors (Lipinski definition) is 6. The zero-order valence-corrected chi connectivity index (χ0v) is 38.5. The number of carbonyl (C=O) groups excluding carboxylic acids is 2. The maximum Gasteiger partial charge on any atom is 0.227 e. The van der Waals surface area contributed by atoms with E-state index in [2.05, 4.69) is 96.2 Å². The summed E-state index contributed by atoms with van der Waals surface area (Å²) in [5.41, 5.74) is 17.6. The molecule has 4 aliphatic rings. The number of pyridine rings is 2. The number of likely N-dealkylation sites (tertiary alicyclic amines) is 2. The number of aromatic amines is 2. The van der Waals surface area contributed by atoms with Gasteiger partial charge in [-0.1, -0.05) is 76.2 Å². The van der Waals surface area contributed by atoms with Gasteiger partial charge in [0.05, 0.1) is 48.7 Å². The fourth-order valence-electron chi connectivity index (χ4n) is 11.8. The van der Waals surface area contributed by atoms with Crippen LogP contribution in [-0.4, -0.2) is 64.6 Å². The molecule has 0 saturated carbocycles. The lowest BCUT2D eigenvalue weighted by atomic mass is 9.73. The first-order valence-electron chi connectivity index (χ1n) is 23.9. The average Bonchev–Trinajstić information content (AvgIpc) is 4.20. The summed E-state index contributed by atoms with van der Waals surface area (Å²) in [7, 11) is 0. The lowest BCUT2D eigenvalue weighted by molar-refractivity contribution is -0.132. The van der Waals surface area contributed by atoms with Gasteiger partial charge in [-0.2, -0.15) is 0 Å². The number of aromatic nitrogens is 6. The highest BCUT2D eigenvalue weighted by Crippen LogP contribution is 2.56. The summed E-state index contributed by atoms with van der Waals surface area (Å²) in [6.07, 6.45) is 19.6. The maximum absolute atomic E-state index is 13.4. The molecule has 0 bridgehead atoms. The van der Waals surface area contributed by atoms with Gasteiger partial charge < -0.3 is 19.8 Å². The third-order valence-electron chi connectivity index (χ3n) is 15.2. The summed E-state index contributed by atoms with van der Waals surface area (Å²) >= 11 is 0. The van der Waals surface area contributed by atoms with Crippen molar-refractivity contribution in [2.45, 2.75) is 115 Å². The Hall–Kier alpha value is -6.68. The van der Waals surface area contributed by atoms with Crippen molar-refractivity contribution in [1.82, 2.24) is 39.7 Å². The summed E-state index contributed by atoms with van der Waals surface area (Å²) in [5.74, 6) is 1.97. The van der Waals surface area contributed by atoms with E-state index in [4.69, 9.17) is 9.97 Å². The van der Waals surface area contributed by atoms with Gasteiger partial charge in [-0.15, -0.1) is 0 Å². The molecule has 2 saturated heterocycles. The Kier molecular flexibility index (Phi) is 10.6. The van der Waals surface area contributed by atoms with Gasteiger partial charge in [0.1, 0.15) is 11.6 Å². The standard InChI is InChI=1S/C56H58N8O2/c1-55(2)23-17-41-50(40-15-11-38(12-16-40)44-34-60-54(62-44)46-8-6-30-64(46)48(66)32-36-21-27-58-28-22-36)52-42(18-24-56(52,3)4)49(51(41)55)39-13-9-37(10-14-39)43-33-59-53(61-43)45-7-5-29-63(45)47(65)31-35-19-25-57-26-20-35/h9-16,19-22,25-28,33-34,45-46H,5-8,17-18,23-24,29-32H2,1-4H3,(H,59,61)(H,60,62)/t45-,46-/m0/s1. The second-order valence-electron chi connectivity index (χ2n) is 20.3. The fourth-order valence-corrected chi connectivity index (χ4v) is 11.8. The zero-order valence-electron chi connectivity index (χ0n) is 38.5. The van der Waals surface area contributed by atoms with E-state index in [9.17, 15) is 9.59 Å². The molecule has 11 rings (SSSR count). The van der Waals surface area contributed by atoms with Crippen LogP contribution in [0, 0.1) is 0 Å². The van der Waals surface area contributed by atoms with Crippen LogP contribution in [-0.2, 0) is 46.1 Å².